The van der Waals surface area contributed by atoms with Gasteiger partial charge in [-0.2, -0.15) is 13.5 Å². The molecule has 0 aliphatic rings. The molecule has 0 saturated heterocycles. The van der Waals surface area contributed by atoms with Crippen molar-refractivity contribution in [1.82, 2.24) is 0 Å². The van der Waals surface area contributed by atoms with Crippen molar-refractivity contribution in [2.75, 3.05) is 5.32 Å². The molecule has 1 unspecified atom stereocenters. The minimum absolute atomic E-state index is 0.302. The van der Waals surface area contributed by atoms with Gasteiger partial charge in [-0.1, -0.05) is 36.3 Å². The molecule has 10 heteroatoms. The monoisotopic (exact) mass is 561 g/mol. The number of hydrogen-bond acceptors (Lipinski definition) is 7. The molecule has 0 fully saturated rings. The molecule has 202 valence electrons. The lowest BCUT2D eigenvalue weighted by Crippen LogP contribution is -2.32. The smallest absolute Gasteiger partial charge is 0.294 e. The first-order valence-electron chi connectivity index (χ1n) is 12.0. The molecule has 1 atom stereocenters. The Morgan fingerprint density at radius 2 is 1.79 bits per heavy atom. The zero-order chi connectivity index (χ0) is 29.0. The summed E-state index contributed by atoms with van der Waals surface area (Å²) in [6, 6.07) is 11.9. The second-order valence-corrected chi connectivity index (χ2v) is 11.1. The maximum atomic E-state index is 12.2. The van der Waals surface area contributed by atoms with Crippen LogP contribution in [0.5, 0.6) is 0 Å². The molecule has 39 heavy (non-hydrogen) atoms. The highest BCUT2D eigenvalue weighted by atomic mass is 32.2. The molecule has 2 N–H and O–H groups in total. The molecule has 0 amide bonds. The van der Waals surface area contributed by atoms with Gasteiger partial charge in [-0.05, 0) is 77.3 Å². The fourth-order valence-corrected chi connectivity index (χ4v) is 4.91. The Balaban J connectivity index is 2.34. The predicted octanol–water partition coefficient (Wildman–Crippen LogP) is 7.79. The number of benzene rings is 3. The van der Waals surface area contributed by atoms with Crippen molar-refractivity contribution >= 4 is 68.2 Å². The van der Waals surface area contributed by atoms with Crippen LogP contribution in [0.1, 0.15) is 45.7 Å². The number of aliphatic imine (C=N–C) groups is 2. The molecule has 8 nitrogen and oxygen atoms in total. The van der Waals surface area contributed by atoms with Crippen molar-refractivity contribution in [2.45, 2.75) is 57.0 Å². The number of azo groups is 1. The summed E-state index contributed by atoms with van der Waals surface area (Å²) in [5.74, 6) is 6.39. The van der Waals surface area contributed by atoms with Gasteiger partial charge in [-0.25, -0.2) is 9.98 Å². The van der Waals surface area contributed by atoms with Crippen molar-refractivity contribution in [3.05, 3.63) is 60.2 Å². The van der Waals surface area contributed by atoms with E-state index in [1.165, 1.54) is 12.1 Å². The highest BCUT2D eigenvalue weighted by Gasteiger charge is 2.25. The van der Waals surface area contributed by atoms with Crippen molar-refractivity contribution in [1.29, 1.82) is 0 Å². The summed E-state index contributed by atoms with van der Waals surface area (Å²) in [5.41, 5.74) is 2.73. The molecular weight excluding hydrogens is 530 g/mol. The van der Waals surface area contributed by atoms with E-state index in [9.17, 15) is 13.0 Å². The van der Waals surface area contributed by atoms with Gasteiger partial charge >= 0.3 is 0 Å². The zero-order valence-corrected chi connectivity index (χ0v) is 24.4. The lowest BCUT2D eigenvalue weighted by Gasteiger charge is -2.25. The summed E-state index contributed by atoms with van der Waals surface area (Å²) in [4.78, 5) is 9.20. The highest BCUT2D eigenvalue weighted by Crippen LogP contribution is 2.41. The normalized spacial score (nSPS) is 13.5. The van der Waals surface area contributed by atoms with Crippen molar-refractivity contribution in [2.24, 2.45) is 20.2 Å². The molecule has 0 radical (unpaired) electrons. The van der Waals surface area contributed by atoms with E-state index in [0.717, 1.165) is 11.3 Å². The van der Waals surface area contributed by atoms with E-state index in [-0.39, 0.29) is 4.90 Å². The largest absolute Gasteiger partial charge is 0.351 e. The number of nitrogens with zero attached hydrogens (tertiary/aromatic N) is 4. The fraction of sp³-hybridized carbons (Fsp3) is 0.241. The minimum Gasteiger partial charge on any atom is -0.351 e. The summed E-state index contributed by atoms with van der Waals surface area (Å²) in [5, 5.41) is 13.2. The first-order valence-corrected chi connectivity index (χ1v) is 13.9. The maximum Gasteiger partial charge on any atom is 0.294 e. The third kappa shape index (κ3) is 7.41. The SMILES string of the molecule is C=Cc1c(N=Nc2ccc(C)cc2)c(S)cc2cc(S(=O)(=O)O)cc(NC(C)(C#CC)/N=C(/C)N=C(C)C)c12. The van der Waals surface area contributed by atoms with E-state index >= 15 is 0 Å². The van der Waals surface area contributed by atoms with Gasteiger partial charge in [0.15, 0.2) is 5.66 Å². The van der Waals surface area contributed by atoms with Crippen LogP contribution in [-0.4, -0.2) is 30.2 Å². The van der Waals surface area contributed by atoms with Crippen molar-refractivity contribution in [3.8, 4) is 11.8 Å². The molecule has 3 aromatic rings. The van der Waals surface area contributed by atoms with Gasteiger partial charge in [0.05, 0.1) is 10.6 Å². The number of rotatable bonds is 7. The van der Waals surface area contributed by atoms with Gasteiger partial charge in [0.25, 0.3) is 10.1 Å². The van der Waals surface area contributed by atoms with E-state index in [2.05, 4.69) is 56.6 Å². The van der Waals surface area contributed by atoms with Crippen LogP contribution in [0.3, 0.4) is 0 Å². The van der Waals surface area contributed by atoms with Crippen LogP contribution >= 0.6 is 12.6 Å². The van der Waals surface area contributed by atoms with Gasteiger partial charge in [0.1, 0.15) is 11.5 Å². The molecule has 0 saturated carbocycles. The Hall–Kier alpha value is -3.78. The average molecular weight is 562 g/mol. The predicted molar refractivity (Wildman–Crippen MR) is 164 cm³/mol. The van der Waals surface area contributed by atoms with E-state index in [1.807, 2.05) is 45.0 Å². The van der Waals surface area contributed by atoms with E-state index in [1.54, 1.807) is 32.9 Å². The summed E-state index contributed by atoms with van der Waals surface area (Å²) < 4.78 is 34.3. The average Bonchev–Trinajstić information content (AvgIpc) is 2.82. The highest BCUT2D eigenvalue weighted by molar-refractivity contribution is 7.85. The summed E-state index contributed by atoms with van der Waals surface area (Å²) >= 11 is 4.61. The first kappa shape index (κ1) is 29.8. The van der Waals surface area contributed by atoms with Crippen LogP contribution in [-0.2, 0) is 10.1 Å². The third-order valence-corrected chi connectivity index (χ3v) is 6.69. The third-order valence-electron chi connectivity index (χ3n) is 5.52. The van der Waals surface area contributed by atoms with E-state index in [0.29, 0.717) is 44.1 Å². The molecule has 0 aliphatic heterocycles. The molecule has 3 aromatic carbocycles. The molecule has 0 bridgehead atoms. The number of fused-ring (bicyclic) bond motifs is 1. The fourth-order valence-electron chi connectivity index (χ4n) is 4.06. The number of nitrogens with one attached hydrogen (secondary N) is 1. The lowest BCUT2D eigenvalue weighted by atomic mass is 9.99. The Kier molecular flexibility index (Phi) is 9.12. The summed E-state index contributed by atoms with van der Waals surface area (Å²) in [7, 11) is -4.54. The van der Waals surface area contributed by atoms with Crippen LogP contribution in [0.4, 0.5) is 17.1 Å². The summed E-state index contributed by atoms with van der Waals surface area (Å²) in [6.45, 7) is 14.9. The molecule has 0 aliphatic carbocycles. The van der Waals surface area contributed by atoms with Crippen molar-refractivity contribution in [3.63, 3.8) is 0 Å². The van der Waals surface area contributed by atoms with E-state index in [4.69, 9.17) is 0 Å². The molecular formula is C29H31N5O3S2. The Morgan fingerprint density at radius 1 is 1.13 bits per heavy atom. The quantitative estimate of drug-likeness (QED) is 0.0682. The van der Waals surface area contributed by atoms with Crippen LogP contribution < -0.4 is 5.32 Å². The molecule has 0 aromatic heterocycles. The topological polar surface area (TPSA) is 116 Å². The molecule has 0 heterocycles. The number of hydrogen-bond donors (Lipinski definition) is 3. The van der Waals surface area contributed by atoms with Crippen LogP contribution in [0, 0.1) is 18.8 Å². The lowest BCUT2D eigenvalue weighted by molar-refractivity contribution is 0.483. The zero-order valence-electron chi connectivity index (χ0n) is 22.7. The first-order chi connectivity index (χ1) is 18.3. The number of thiol groups is 1. The standard InChI is InChI=1S/C29H31N5O3S2/c1-8-14-29(7,31-20(6)30-18(3)4)32-25-17-23(39(35,36)37)15-21-16-26(38)28(24(9-2)27(21)25)34-33-22-12-10-19(5)11-13-22/h9-13,15-17,32,38H,2H2,1,3-7H3,(H,35,36,37)/b31-20-,34-33?. The summed E-state index contributed by atoms with van der Waals surface area (Å²) in [6.07, 6.45) is 1.60. The number of amidine groups is 1. The van der Waals surface area contributed by atoms with Gasteiger partial charge < -0.3 is 5.32 Å². The Labute approximate surface area is 235 Å². The van der Waals surface area contributed by atoms with Gasteiger partial charge in [-0.15, -0.1) is 23.7 Å². The minimum atomic E-state index is -4.54. The van der Waals surface area contributed by atoms with Crippen LogP contribution in [0.15, 0.2) is 79.0 Å². The van der Waals surface area contributed by atoms with E-state index < -0.39 is 15.8 Å². The molecule has 0 spiro atoms. The van der Waals surface area contributed by atoms with Crippen molar-refractivity contribution < 1.29 is 13.0 Å². The second kappa shape index (κ2) is 11.9. The van der Waals surface area contributed by atoms with Gasteiger partial charge in [-0.3, -0.25) is 4.55 Å². The Bertz CT molecular complexity index is 1690. The van der Waals surface area contributed by atoms with Crippen LogP contribution in [0.25, 0.3) is 16.8 Å². The number of aryl methyl sites for hydroxylation is 1. The number of anilines is 1. The maximum absolute atomic E-state index is 12.2. The van der Waals surface area contributed by atoms with Gasteiger partial charge in [0.2, 0.25) is 0 Å². The molecule has 3 rings (SSSR count). The van der Waals surface area contributed by atoms with Crippen LogP contribution in [0.2, 0.25) is 0 Å². The Morgan fingerprint density at radius 3 is 2.36 bits per heavy atom. The van der Waals surface area contributed by atoms with Gasteiger partial charge in [0, 0.05) is 27.2 Å². The second-order valence-electron chi connectivity index (χ2n) is 9.23.